The Hall–Kier alpha value is -0.610. The standard InChI is InChI=1S/C10H18N2O2/c1-10(2-3-11-8-10)9(13)12-4-6-14-7-5-12/h11H,2-8H2,1H3. The number of rotatable bonds is 1. The van der Waals surface area contributed by atoms with E-state index in [2.05, 4.69) is 12.2 Å². The molecule has 1 atom stereocenters. The zero-order valence-corrected chi connectivity index (χ0v) is 8.71. The third kappa shape index (κ3) is 1.77. The number of hydrogen-bond donors (Lipinski definition) is 1. The maximum atomic E-state index is 12.2. The molecule has 1 N–H and O–H groups in total. The van der Waals surface area contributed by atoms with E-state index in [1.807, 2.05) is 4.90 Å². The molecule has 2 fully saturated rings. The average Bonchev–Trinajstić information content (AvgIpc) is 2.67. The quantitative estimate of drug-likeness (QED) is 0.637. The van der Waals surface area contributed by atoms with Gasteiger partial charge in [-0.25, -0.2) is 0 Å². The van der Waals surface area contributed by atoms with E-state index in [0.717, 1.165) is 32.6 Å². The van der Waals surface area contributed by atoms with Gasteiger partial charge in [-0.1, -0.05) is 0 Å². The molecule has 0 aliphatic carbocycles. The summed E-state index contributed by atoms with van der Waals surface area (Å²) in [4.78, 5) is 14.1. The summed E-state index contributed by atoms with van der Waals surface area (Å²) >= 11 is 0. The summed E-state index contributed by atoms with van der Waals surface area (Å²) in [6, 6.07) is 0. The van der Waals surface area contributed by atoms with Crippen molar-refractivity contribution in [2.24, 2.45) is 5.41 Å². The van der Waals surface area contributed by atoms with Crippen LogP contribution < -0.4 is 5.32 Å². The van der Waals surface area contributed by atoms with Crippen molar-refractivity contribution in [3.05, 3.63) is 0 Å². The Morgan fingerprint density at radius 2 is 2.14 bits per heavy atom. The minimum Gasteiger partial charge on any atom is -0.378 e. The molecule has 80 valence electrons. The first kappa shape index (κ1) is 9.93. The normalized spacial score (nSPS) is 33.4. The molecule has 0 saturated carbocycles. The first-order chi connectivity index (χ1) is 6.72. The Labute approximate surface area is 84.6 Å². The summed E-state index contributed by atoms with van der Waals surface area (Å²) in [5.74, 6) is 0.297. The van der Waals surface area contributed by atoms with Crippen LogP contribution in [0, 0.1) is 5.41 Å². The van der Waals surface area contributed by atoms with Gasteiger partial charge in [0.1, 0.15) is 0 Å². The van der Waals surface area contributed by atoms with Crippen molar-refractivity contribution in [3.63, 3.8) is 0 Å². The van der Waals surface area contributed by atoms with Crippen LogP contribution in [0.1, 0.15) is 13.3 Å². The van der Waals surface area contributed by atoms with E-state index in [-0.39, 0.29) is 5.41 Å². The second-order valence-electron chi connectivity index (χ2n) is 4.39. The van der Waals surface area contributed by atoms with Gasteiger partial charge in [0.25, 0.3) is 0 Å². The summed E-state index contributed by atoms with van der Waals surface area (Å²) in [5, 5.41) is 3.25. The molecule has 2 heterocycles. The fourth-order valence-corrected chi connectivity index (χ4v) is 2.15. The number of ether oxygens (including phenoxy) is 1. The van der Waals surface area contributed by atoms with E-state index < -0.39 is 0 Å². The molecule has 2 rings (SSSR count). The minimum absolute atomic E-state index is 0.169. The number of hydrogen-bond acceptors (Lipinski definition) is 3. The van der Waals surface area contributed by atoms with Crippen LogP contribution in [0.2, 0.25) is 0 Å². The fraction of sp³-hybridized carbons (Fsp3) is 0.900. The zero-order chi connectivity index (χ0) is 10.0. The number of carbonyl (C=O) groups excluding carboxylic acids is 1. The van der Waals surface area contributed by atoms with Crippen LogP contribution in [-0.4, -0.2) is 50.2 Å². The number of morpholine rings is 1. The Morgan fingerprint density at radius 3 is 2.71 bits per heavy atom. The van der Waals surface area contributed by atoms with Crippen LogP contribution in [0.4, 0.5) is 0 Å². The van der Waals surface area contributed by atoms with Crippen molar-refractivity contribution in [1.29, 1.82) is 0 Å². The van der Waals surface area contributed by atoms with E-state index in [1.54, 1.807) is 0 Å². The first-order valence-electron chi connectivity index (χ1n) is 5.30. The molecule has 2 saturated heterocycles. The predicted molar refractivity (Wildman–Crippen MR) is 53.0 cm³/mol. The first-order valence-corrected chi connectivity index (χ1v) is 5.30. The molecule has 14 heavy (non-hydrogen) atoms. The van der Waals surface area contributed by atoms with Gasteiger partial charge in [-0.05, 0) is 19.9 Å². The molecule has 4 nitrogen and oxygen atoms in total. The minimum atomic E-state index is -0.169. The molecular weight excluding hydrogens is 180 g/mol. The van der Waals surface area contributed by atoms with E-state index in [0.29, 0.717) is 19.1 Å². The molecule has 0 spiro atoms. The van der Waals surface area contributed by atoms with E-state index in [1.165, 1.54) is 0 Å². The molecule has 0 aromatic carbocycles. The number of amides is 1. The largest absolute Gasteiger partial charge is 0.378 e. The van der Waals surface area contributed by atoms with Gasteiger partial charge in [0.2, 0.25) is 5.91 Å². The topological polar surface area (TPSA) is 41.6 Å². The molecule has 4 heteroatoms. The number of nitrogens with one attached hydrogen (secondary N) is 1. The van der Waals surface area contributed by atoms with Gasteiger partial charge >= 0.3 is 0 Å². The third-order valence-corrected chi connectivity index (χ3v) is 3.18. The van der Waals surface area contributed by atoms with Crippen LogP contribution in [0.5, 0.6) is 0 Å². The van der Waals surface area contributed by atoms with Crippen LogP contribution in [0.15, 0.2) is 0 Å². The lowest BCUT2D eigenvalue weighted by molar-refractivity contribution is -0.144. The highest BCUT2D eigenvalue weighted by atomic mass is 16.5. The SMILES string of the molecule is CC1(C(=O)N2CCOCC2)CCNC1. The fourth-order valence-electron chi connectivity index (χ4n) is 2.15. The molecule has 2 aliphatic heterocycles. The third-order valence-electron chi connectivity index (χ3n) is 3.18. The Balaban J connectivity index is 1.98. The summed E-state index contributed by atoms with van der Waals surface area (Å²) < 4.78 is 5.24. The predicted octanol–water partition coefficient (Wildman–Crippen LogP) is -0.155. The van der Waals surface area contributed by atoms with Crippen molar-refractivity contribution in [3.8, 4) is 0 Å². The van der Waals surface area contributed by atoms with E-state index >= 15 is 0 Å². The second-order valence-corrected chi connectivity index (χ2v) is 4.39. The van der Waals surface area contributed by atoms with Crippen LogP contribution in [-0.2, 0) is 9.53 Å². The van der Waals surface area contributed by atoms with Crippen molar-refractivity contribution in [1.82, 2.24) is 10.2 Å². The average molecular weight is 198 g/mol. The summed E-state index contributed by atoms with van der Waals surface area (Å²) in [7, 11) is 0. The maximum absolute atomic E-state index is 12.2. The van der Waals surface area contributed by atoms with E-state index in [9.17, 15) is 4.79 Å². The molecule has 2 aliphatic rings. The highest BCUT2D eigenvalue weighted by molar-refractivity contribution is 5.83. The lowest BCUT2D eigenvalue weighted by Crippen LogP contribution is -2.48. The van der Waals surface area contributed by atoms with Crippen LogP contribution in [0.25, 0.3) is 0 Å². The highest BCUT2D eigenvalue weighted by Crippen LogP contribution is 2.27. The summed E-state index contributed by atoms with van der Waals surface area (Å²) in [6.45, 7) is 6.74. The van der Waals surface area contributed by atoms with Crippen LogP contribution in [0.3, 0.4) is 0 Å². The molecule has 0 bridgehead atoms. The van der Waals surface area contributed by atoms with Gasteiger partial charge in [0.05, 0.1) is 18.6 Å². The Morgan fingerprint density at radius 1 is 1.43 bits per heavy atom. The van der Waals surface area contributed by atoms with Crippen molar-refractivity contribution >= 4 is 5.91 Å². The van der Waals surface area contributed by atoms with Gasteiger partial charge in [0, 0.05) is 19.6 Å². The van der Waals surface area contributed by atoms with Gasteiger partial charge in [-0.2, -0.15) is 0 Å². The molecular formula is C10H18N2O2. The van der Waals surface area contributed by atoms with Gasteiger partial charge < -0.3 is 15.0 Å². The van der Waals surface area contributed by atoms with Gasteiger partial charge in [-0.15, -0.1) is 0 Å². The highest BCUT2D eigenvalue weighted by Gasteiger charge is 2.39. The monoisotopic (exact) mass is 198 g/mol. The lowest BCUT2D eigenvalue weighted by Gasteiger charge is -2.33. The molecule has 1 amide bonds. The van der Waals surface area contributed by atoms with Gasteiger partial charge in [0.15, 0.2) is 0 Å². The number of carbonyl (C=O) groups is 1. The number of nitrogens with zero attached hydrogens (tertiary/aromatic N) is 1. The summed E-state index contributed by atoms with van der Waals surface area (Å²) in [5.41, 5.74) is -0.169. The van der Waals surface area contributed by atoms with E-state index in [4.69, 9.17) is 4.74 Å². The zero-order valence-electron chi connectivity index (χ0n) is 8.71. The molecule has 0 radical (unpaired) electrons. The Kier molecular flexibility index (Phi) is 2.74. The molecule has 1 unspecified atom stereocenters. The van der Waals surface area contributed by atoms with Crippen molar-refractivity contribution < 1.29 is 9.53 Å². The van der Waals surface area contributed by atoms with Crippen molar-refractivity contribution in [2.75, 3.05) is 39.4 Å². The molecule has 0 aromatic heterocycles. The molecule has 0 aromatic rings. The van der Waals surface area contributed by atoms with Crippen LogP contribution >= 0.6 is 0 Å². The Bertz CT molecular complexity index is 218. The smallest absolute Gasteiger partial charge is 0.230 e. The maximum Gasteiger partial charge on any atom is 0.230 e. The van der Waals surface area contributed by atoms with Gasteiger partial charge in [-0.3, -0.25) is 4.79 Å². The van der Waals surface area contributed by atoms with Crippen molar-refractivity contribution in [2.45, 2.75) is 13.3 Å². The summed E-state index contributed by atoms with van der Waals surface area (Å²) in [6.07, 6.45) is 0.961. The second kappa shape index (κ2) is 3.87. The lowest BCUT2D eigenvalue weighted by atomic mass is 9.88.